The second kappa shape index (κ2) is 4.63. The number of carbonyl (C=O) groups is 2. The van der Waals surface area contributed by atoms with E-state index in [1.165, 1.54) is 0 Å². The van der Waals surface area contributed by atoms with E-state index in [1.54, 1.807) is 17.0 Å². The fourth-order valence-corrected chi connectivity index (χ4v) is 2.64. The molecule has 1 N–H and O–H groups in total. The Morgan fingerprint density at radius 1 is 1.30 bits per heavy atom. The van der Waals surface area contributed by atoms with Gasteiger partial charge in [-0.15, -0.1) is 0 Å². The van der Waals surface area contributed by atoms with E-state index < -0.39 is 11.6 Å². The summed E-state index contributed by atoms with van der Waals surface area (Å²) >= 11 is 0. The molecule has 1 amide bonds. The molecule has 3 rings (SSSR count). The van der Waals surface area contributed by atoms with Crippen LogP contribution in [0.15, 0.2) is 35.5 Å². The van der Waals surface area contributed by atoms with Gasteiger partial charge in [0.1, 0.15) is 0 Å². The molecule has 20 heavy (non-hydrogen) atoms. The van der Waals surface area contributed by atoms with Crippen LogP contribution in [0.1, 0.15) is 23.2 Å². The van der Waals surface area contributed by atoms with Gasteiger partial charge in [0.25, 0.3) is 5.91 Å². The number of carboxylic acids is 1. The molecule has 6 nitrogen and oxygen atoms in total. The van der Waals surface area contributed by atoms with Crippen LogP contribution in [0.5, 0.6) is 0 Å². The third-order valence-electron chi connectivity index (χ3n) is 3.71. The lowest BCUT2D eigenvalue weighted by atomic mass is 9.97. The zero-order valence-electron chi connectivity index (χ0n) is 10.8. The second-order valence-electron chi connectivity index (χ2n) is 5.14. The summed E-state index contributed by atoms with van der Waals surface area (Å²) in [7, 11) is 0. The number of hydrogen-bond donors (Lipinski definition) is 1. The summed E-state index contributed by atoms with van der Waals surface area (Å²) in [6.07, 6.45) is 0.854. The van der Waals surface area contributed by atoms with Crippen molar-refractivity contribution >= 4 is 17.6 Å². The van der Waals surface area contributed by atoms with Gasteiger partial charge in [-0.05, 0) is 12.1 Å². The number of carbonyl (C=O) groups excluding carboxylic acids is 1. The Kier molecular flexibility index (Phi) is 2.93. The van der Waals surface area contributed by atoms with E-state index in [9.17, 15) is 9.59 Å². The summed E-state index contributed by atoms with van der Waals surface area (Å²) in [5, 5.41) is 12.5. The van der Waals surface area contributed by atoms with Crippen molar-refractivity contribution < 1.29 is 19.5 Å². The van der Waals surface area contributed by atoms with Gasteiger partial charge in [0.2, 0.25) is 0 Å². The Balaban J connectivity index is 1.69. The summed E-state index contributed by atoms with van der Waals surface area (Å²) in [5.41, 5.74) is -0.000957. The van der Waals surface area contributed by atoms with Gasteiger partial charge in [-0.2, -0.15) is 0 Å². The first-order chi connectivity index (χ1) is 9.60. The molecule has 1 saturated heterocycles. The number of oxime groups is 1. The van der Waals surface area contributed by atoms with Gasteiger partial charge >= 0.3 is 5.97 Å². The van der Waals surface area contributed by atoms with Crippen LogP contribution in [-0.4, -0.2) is 46.3 Å². The number of carboxylic acid groups (broad SMARTS) is 1. The molecule has 2 heterocycles. The van der Waals surface area contributed by atoms with Gasteiger partial charge < -0.3 is 14.8 Å². The summed E-state index contributed by atoms with van der Waals surface area (Å²) in [6.45, 7) is 0.928. The topological polar surface area (TPSA) is 79.2 Å². The molecule has 1 atom stereocenters. The van der Waals surface area contributed by atoms with Crippen LogP contribution in [0.3, 0.4) is 0 Å². The molecule has 6 heteroatoms. The number of nitrogens with zero attached hydrogens (tertiary/aromatic N) is 2. The van der Waals surface area contributed by atoms with Crippen molar-refractivity contribution in [2.75, 3.05) is 13.1 Å². The van der Waals surface area contributed by atoms with Crippen LogP contribution in [0.4, 0.5) is 0 Å². The number of rotatable bonds is 2. The predicted octanol–water partition coefficient (Wildman–Crippen LogP) is 1.13. The Morgan fingerprint density at radius 2 is 2.05 bits per heavy atom. The van der Waals surface area contributed by atoms with Crippen molar-refractivity contribution in [3.8, 4) is 0 Å². The van der Waals surface area contributed by atoms with E-state index in [-0.39, 0.29) is 18.0 Å². The first-order valence-corrected chi connectivity index (χ1v) is 6.42. The summed E-state index contributed by atoms with van der Waals surface area (Å²) in [5.74, 6) is -1.12. The van der Waals surface area contributed by atoms with Crippen LogP contribution in [0.2, 0.25) is 0 Å². The smallest absolute Gasteiger partial charge is 0.353 e. The number of hydrogen-bond acceptors (Lipinski definition) is 4. The zero-order chi connectivity index (χ0) is 14.2. The summed E-state index contributed by atoms with van der Waals surface area (Å²) in [4.78, 5) is 30.2. The van der Waals surface area contributed by atoms with Crippen molar-refractivity contribution in [2.45, 2.75) is 18.4 Å². The van der Waals surface area contributed by atoms with Gasteiger partial charge in [-0.25, -0.2) is 4.79 Å². The lowest BCUT2D eigenvalue weighted by Gasteiger charge is -2.21. The molecule has 0 aromatic heterocycles. The highest BCUT2D eigenvalue weighted by atomic mass is 16.7. The second-order valence-corrected chi connectivity index (χ2v) is 5.14. The molecule has 1 aromatic rings. The summed E-state index contributed by atoms with van der Waals surface area (Å²) in [6, 6.07) is 9.02. The molecule has 0 unspecified atom stereocenters. The Morgan fingerprint density at radius 3 is 2.70 bits per heavy atom. The molecule has 2 aliphatic rings. The third-order valence-corrected chi connectivity index (χ3v) is 3.71. The molecule has 1 aromatic carbocycles. The van der Waals surface area contributed by atoms with Crippen molar-refractivity contribution in [3.63, 3.8) is 0 Å². The van der Waals surface area contributed by atoms with E-state index in [2.05, 4.69) is 5.16 Å². The highest BCUT2D eigenvalue weighted by Gasteiger charge is 2.48. The minimum Gasteiger partial charge on any atom is -0.477 e. The molecule has 1 spiro atoms. The molecule has 0 bridgehead atoms. The van der Waals surface area contributed by atoms with Crippen molar-refractivity contribution in [1.82, 2.24) is 4.90 Å². The largest absolute Gasteiger partial charge is 0.477 e. The Labute approximate surface area is 115 Å². The standard InChI is InChI=1S/C14H14N2O4/c17-12(10-4-2-1-3-5-10)16-7-6-14(9-16)8-11(13(18)19)15-20-14/h1-5H,6-9H2,(H,18,19)/t14-/m1/s1. The number of likely N-dealkylation sites (tertiary alicyclic amines) is 1. The Hall–Kier alpha value is -2.37. The third kappa shape index (κ3) is 2.13. The fourth-order valence-electron chi connectivity index (χ4n) is 2.64. The molecule has 2 aliphatic heterocycles. The first kappa shape index (κ1) is 12.7. The number of amides is 1. The predicted molar refractivity (Wildman–Crippen MR) is 70.5 cm³/mol. The molecule has 0 radical (unpaired) electrons. The maximum Gasteiger partial charge on any atom is 0.353 e. The molecule has 0 saturated carbocycles. The van der Waals surface area contributed by atoms with Crippen molar-refractivity contribution in [2.24, 2.45) is 5.16 Å². The van der Waals surface area contributed by atoms with Gasteiger partial charge in [-0.1, -0.05) is 23.4 Å². The first-order valence-electron chi connectivity index (χ1n) is 6.42. The molecule has 104 valence electrons. The van der Waals surface area contributed by atoms with Gasteiger partial charge in [0.05, 0.1) is 6.54 Å². The average Bonchev–Trinajstić information content (AvgIpc) is 3.07. The van der Waals surface area contributed by atoms with E-state index in [0.29, 0.717) is 25.1 Å². The van der Waals surface area contributed by atoms with E-state index >= 15 is 0 Å². The monoisotopic (exact) mass is 274 g/mol. The normalized spacial score (nSPS) is 24.6. The van der Waals surface area contributed by atoms with Crippen molar-refractivity contribution in [1.29, 1.82) is 0 Å². The number of benzene rings is 1. The van der Waals surface area contributed by atoms with E-state index in [1.807, 2.05) is 18.2 Å². The molecule has 1 fully saturated rings. The summed E-state index contributed by atoms with van der Waals surface area (Å²) < 4.78 is 0. The minimum absolute atomic E-state index is 0.0269. The molecular weight excluding hydrogens is 260 g/mol. The highest BCUT2D eigenvalue weighted by Crippen LogP contribution is 2.34. The van der Waals surface area contributed by atoms with Crippen LogP contribution < -0.4 is 0 Å². The maximum atomic E-state index is 12.3. The lowest BCUT2D eigenvalue weighted by Crippen LogP contribution is -2.36. The number of aliphatic carboxylic acids is 1. The lowest BCUT2D eigenvalue weighted by molar-refractivity contribution is -0.129. The quantitative estimate of drug-likeness (QED) is 0.876. The van der Waals surface area contributed by atoms with Gasteiger partial charge in [-0.3, -0.25) is 4.79 Å². The maximum absolute atomic E-state index is 12.3. The highest BCUT2D eigenvalue weighted by molar-refractivity contribution is 6.36. The van der Waals surface area contributed by atoms with E-state index in [4.69, 9.17) is 9.94 Å². The van der Waals surface area contributed by atoms with Gasteiger partial charge in [0.15, 0.2) is 11.3 Å². The minimum atomic E-state index is -1.06. The van der Waals surface area contributed by atoms with Crippen LogP contribution >= 0.6 is 0 Å². The average molecular weight is 274 g/mol. The van der Waals surface area contributed by atoms with Gasteiger partial charge in [0, 0.05) is 24.9 Å². The zero-order valence-corrected chi connectivity index (χ0v) is 10.8. The SMILES string of the molecule is O=C(O)C1=NO[C@]2(CCN(C(=O)c3ccccc3)C2)C1. The fraction of sp³-hybridized carbons (Fsp3) is 0.357. The molecule has 0 aliphatic carbocycles. The van der Waals surface area contributed by atoms with Crippen LogP contribution in [0, 0.1) is 0 Å². The van der Waals surface area contributed by atoms with Crippen LogP contribution in [0.25, 0.3) is 0 Å². The molecular formula is C14H14N2O4. The van der Waals surface area contributed by atoms with Crippen molar-refractivity contribution in [3.05, 3.63) is 35.9 Å². The van der Waals surface area contributed by atoms with Crippen LogP contribution in [-0.2, 0) is 9.63 Å². The Bertz CT molecular complexity index is 584. The van der Waals surface area contributed by atoms with E-state index in [0.717, 1.165) is 0 Å².